The fourth-order valence-electron chi connectivity index (χ4n) is 3.22. The van der Waals surface area contributed by atoms with Crippen LogP contribution in [0, 0.1) is 0 Å². The number of ether oxygens (including phenoxy) is 2. The molecule has 1 saturated heterocycles. The fraction of sp³-hybridized carbons (Fsp3) is 0.500. The number of hydrogen-bond acceptors (Lipinski definition) is 6. The van der Waals surface area contributed by atoms with Gasteiger partial charge in [0.15, 0.2) is 11.5 Å². The molecule has 0 radical (unpaired) electrons. The molecule has 0 bridgehead atoms. The van der Waals surface area contributed by atoms with E-state index < -0.39 is 17.8 Å². The summed E-state index contributed by atoms with van der Waals surface area (Å²) in [6.45, 7) is 6.29. The predicted octanol–water partition coefficient (Wildman–Crippen LogP) is 1.22. The van der Waals surface area contributed by atoms with Crippen LogP contribution < -0.4 is 9.47 Å². The van der Waals surface area contributed by atoms with E-state index in [0.717, 1.165) is 27.5 Å². The predicted molar refractivity (Wildman–Crippen MR) is 92.8 cm³/mol. The standard InChI is InChI=1S/C18H23N3O5/c1-4-25-14-8-12-6-7-20(10-13(12)9-15(14)26-5-2)11-21-17(23)16(22)19(3)18(21)24/h8-9H,4-7,10-11H2,1-3H3. The average Bonchev–Trinajstić information content (AvgIpc) is 2.80. The van der Waals surface area contributed by atoms with Gasteiger partial charge in [-0.25, -0.2) is 9.69 Å². The van der Waals surface area contributed by atoms with Crippen molar-refractivity contribution in [1.82, 2.24) is 14.7 Å². The Hall–Kier alpha value is -2.61. The molecule has 0 aromatic heterocycles. The number of rotatable bonds is 6. The zero-order valence-electron chi connectivity index (χ0n) is 15.3. The molecule has 1 fully saturated rings. The van der Waals surface area contributed by atoms with Gasteiger partial charge in [-0.05, 0) is 43.5 Å². The molecule has 0 saturated carbocycles. The number of urea groups is 1. The Morgan fingerprint density at radius 3 is 2.12 bits per heavy atom. The molecule has 0 aliphatic carbocycles. The lowest BCUT2D eigenvalue weighted by Gasteiger charge is -2.31. The molecule has 8 nitrogen and oxygen atoms in total. The van der Waals surface area contributed by atoms with Crippen LogP contribution in [-0.4, -0.2) is 66.0 Å². The summed E-state index contributed by atoms with van der Waals surface area (Å²) in [5, 5.41) is 0. The maximum absolute atomic E-state index is 12.0. The Bertz CT molecular complexity index is 749. The normalized spacial score (nSPS) is 17.7. The van der Waals surface area contributed by atoms with E-state index in [1.165, 1.54) is 12.6 Å². The molecule has 26 heavy (non-hydrogen) atoms. The second-order valence-corrected chi connectivity index (χ2v) is 6.26. The molecule has 2 heterocycles. The third kappa shape index (κ3) is 3.24. The number of nitrogens with zero attached hydrogens (tertiary/aromatic N) is 3. The third-order valence-electron chi connectivity index (χ3n) is 4.55. The largest absolute Gasteiger partial charge is 0.490 e. The van der Waals surface area contributed by atoms with Gasteiger partial charge in [-0.15, -0.1) is 0 Å². The Morgan fingerprint density at radius 1 is 0.962 bits per heavy atom. The summed E-state index contributed by atoms with van der Waals surface area (Å²) in [6, 6.07) is 3.39. The SMILES string of the molecule is CCOc1cc2c(cc1OCC)CN(CN1C(=O)C(=O)N(C)C1=O)CC2. The lowest BCUT2D eigenvalue weighted by atomic mass is 9.99. The summed E-state index contributed by atoms with van der Waals surface area (Å²) in [4.78, 5) is 39.5. The molecule has 1 aromatic rings. The summed E-state index contributed by atoms with van der Waals surface area (Å²) >= 11 is 0. The molecule has 4 amide bonds. The first-order chi connectivity index (χ1) is 12.5. The number of benzene rings is 1. The van der Waals surface area contributed by atoms with Crippen LogP contribution in [0.15, 0.2) is 12.1 Å². The lowest BCUT2D eigenvalue weighted by Crippen LogP contribution is -2.43. The minimum atomic E-state index is -0.785. The molecule has 3 rings (SSSR count). The number of carbonyl (C=O) groups is 3. The van der Waals surface area contributed by atoms with Gasteiger partial charge in [0.1, 0.15) is 0 Å². The van der Waals surface area contributed by atoms with Gasteiger partial charge in [-0.1, -0.05) is 0 Å². The monoisotopic (exact) mass is 361 g/mol. The molecule has 0 N–H and O–H groups in total. The Morgan fingerprint density at radius 2 is 1.58 bits per heavy atom. The van der Waals surface area contributed by atoms with Crippen molar-refractivity contribution in [3.05, 3.63) is 23.3 Å². The number of imide groups is 2. The summed E-state index contributed by atoms with van der Waals surface area (Å²) in [5.74, 6) is -0.130. The minimum Gasteiger partial charge on any atom is -0.490 e. The average molecular weight is 361 g/mol. The van der Waals surface area contributed by atoms with Crippen LogP contribution in [0.1, 0.15) is 25.0 Å². The Balaban J connectivity index is 1.77. The van der Waals surface area contributed by atoms with Gasteiger partial charge < -0.3 is 9.47 Å². The van der Waals surface area contributed by atoms with E-state index in [1.807, 2.05) is 30.9 Å². The highest BCUT2D eigenvalue weighted by molar-refractivity contribution is 6.44. The second kappa shape index (κ2) is 7.33. The first-order valence-corrected chi connectivity index (χ1v) is 8.73. The molecular formula is C18H23N3O5. The van der Waals surface area contributed by atoms with Crippen molar-refractivity contribution >= 4 is 17.8 Å². The molecule has 2 aliphatic heterocycles. The van der Waals surface area contributed by atoms with E-state index in [4.69, 9.17) is 9.47 Å². The molecule has 0 atom stereocenters. The van der Waals surface area contributed by atoms with E-state index in [1.54, 1.807) is 0 Å². The van der Waals surface area contributed by atoms with Crippen molar-refractivity contribution in [2.24, 2.45) is 0 Å². The first kappa shape index (κ1) is 18.2. The molecular weight excluding hydrogens is 338 g/mol. The van der Waals surface area contributed by atoms with E-state index in [2.05, 4.69) is 0 Å². The highest BCUT2D eigenvalue weighted by Crippen LogP contribution is 2.34. The second-order valence-electron chi connectivity index (χ2n) is 6.26. The van der Waals surface area contributed by atoms with E-state index in [0.29, 0.717) is 32.1 Å². The number of likely N-dealkylation sites (N-methyl/N-ethyl adjacent to an activating group) is 1. The summed E-state index contributed by atoms with van der Waals surface area (Å²) in [7, 11) is 1.32. The van der Waals surface area contributed by atoms with Crippen molar-refractivity contribution in [1.29, 1.82) is 0 Å². The van der Waals surface area contributed by atoms with Gasteiger partial charge in [-0.3, -0.25) is 19.4 Å². The van der Waals surface area contributed by atoms with E-state index >= 15 is 0 Å². The maximum Gasteiger partial charge on any atom is 0.335 e. The number of amides is 4. The van der Waals surface area contributed by atoms with Gasteiger partial charge in [0.2, 0.25) is 0 Å². The quantitative estimate of drug-likeness (QED) is 0.560. The Kier molecular flexibility index (Phi) is 5.13. The Labute approximate surface area is 152 Å². The highest BCUT2D eigenvalue weighted by Gasteiger charge is 2.43. The smallest absolute Gasteiger partial charge is 0.335 e. The molecule has 8 heteroatoms. The van der Waals surface area contributed by atoms with Crippen LogP contribution in [0.3, 0.4) is 0 Å². The zero-order valence-corrected chi connectivity index (χ0v) is 15.3. The van der Waals surface area contributed by atoms with Crippen LogP contribution in [0.2, 0.25) is 0 Å². The first-order valence-electron chi connectivity index (χ1n) is 8.73. The number of carbonyl (C=O) groups excluding carboxylic acids is 3. The molecule has 0 unspecified atom stereocenters. The lowest BCUT2D eigenvalue weighted by molar-refractivity contribution is -0.143. The van der Waals surface area contributed by atoms with Gasteiger partial charge >= 0.3 is 17.8 Å². The fourth-order valence-corrected chi connectivity index (χ4v) is 3.22. The molecule has 2 aliphatic rings. The number of fused-ring (bicyclic) bond motifs is 1. The van der Waals surface area contributed by atoms with Crippen molar-refractivity contribution in [3.8, 4) is 11.5 Å². The van der Waals surface area contributed by atoms with E-state index in [9.17, 15) is 14.4 Å². The molecule has 1 aromatic carbocycles. The van der Waals surface area contributed by atoms with Crippen LogP contribution in [-0.2, 0) is 22.6 Å². The molecule has 0 spiro atoms. The topological polar surface area (TPSA) is 79.4 Å². The zero-order chi connectivity index (χ0) is 18.8. The molecule has 140 valence electrons. The van der Waals surface area contributed by atoms with Gasteiger partial charge in [-0.2, -0.15) is 0 Å². The summed E-state index contributed by atoms with van der Waals surface area (Å²) in [6.07, 6.45) is 0.766. The minimum absolute atomic E-state index is 0.102. The summed E-state index contributed by atoms with van der Waals surface area (Å²) < 4.78 is 11.3. The van der Waals surface area contributed by atoms with E-state index in [-0.39, 0.29) is 6.67 Å². The van der Waals surface area contributed by atoms with Gasteiger partial charge in [0.25, 0.3) is 0 Å². The maximum atomic E-state index is 12.0. The summed E-state index contributed by atoms with van der Waals surface area (Å²) in [5.41, 5.74) is 2.24. The highest BCUT2D eigenvalue weighted by atomic mass is 16.5. The van der Waals surface area contributed by atoms with Gasteiger partial charge in [0, 0.05) is 20.1 Å². The number of hydrogen-bond donors (Lipinski definition) is 0. The van der Waals surface area contributed by atoms with Crippen LogP contribution in [0.4, 0.5) is 4.79 Å². The van der Waals surface area contributed by atoms with Crippen molar-refractivity contribution in [3.63, 3.8) is 0 Å². The van der Waals surface area contributed by atoms with Gasteiger partial charge in [0.05, 0.1) is 19.9 Å². The third-order valence-corrected chi connectivity index (χ3v) is 4.55. The van der Waals surface area contributed by atoms with Crippen LogP contribution in [0.25, 0.3) is 0 Å². The van der Waals surface area contributed by atoms with Crippen LogP contribution in [0.5, 0.6) is 11.5 Å². The van der Waals surface area contributed by atoms with Crippen LogP contribution >= 0.6 is 0 Å². The van der Waals surface area contributed by atoms with Crippen molar-refractivity contribution in [2.75, 3.05) is 33.5 Å². The van der Waals surface area contributed by atoms with Crippen molar-refractivity contribution in [2.45, 2.75) is 26.8 Å². The van der Waals surface area contributed by atoms with Crippen molar-refractivity contribution < 1.29 is 23.9 Å².